The number of hydrogen-bond acceptors (Lipinski definition) is 6. The van der Waals surface area contributed by atoms with Gasteiger partial charge in [-0.2, -0.15) is 0 Å². The number of sulfonamides is 1. The van der Waals surface area contributed by atoms with Gasteiger partial charge in [0.25, 0.3) is 15.9 Å². The van der Waals surface area contributed by atoms with E-state index in [-0.39, 0.29) is 10.6 Å². The number of halogens is 1. The summed E-state index contributed by atoms with van der Waals surface area (Å²) in [6, 6.07) is 19.4. The summed E-state index contributed by atoms with van der Waals surface area (Å²) in [6.45, 7) is 1.96. The molecule has 5 rings (SSSR count). The van der Waals surface area contributed by atoms with E-state index in [1.807, 2.05) is 54.8 Å². The van der Waals surface area contributed by atoms with E-state index in [0.717, 1.165) is 32.3 Å². The number of hydrogen-bond donors (Lipinski definition) is 3. The highest BCUT2D eigenvalue weighted by Gasteiger charge is 2.21. The summed E-state index contributed by atoms with van der Waals surface area (Å²) in [5, 5.41) is 5.74. The number of carbonyl (C=O) groups is 1. The van der Waals surface area contributed by atoms with Crippen molar-refractivity contribution in [3.63, 3.8) is 0 Å². The predicted octanol–water partition coefficient (Wildman–Crippen LogP) is 6.33. The normalized spacial score (nSPS) is 11.9. The van der Waals surface area contributed by atoms with Crippen LogP contribution in [-0.4, -0.2) is 31.4 Å². The molecule has 198 valence electrons. The second kappa shape index (κ2) is 11.0. The zero-order valence-corrected chi connectivity index (χ0v) is 24.1. The molecule has 0 bridgehead atoms. The Labute approximate surface area is 237 Å². The third-order valence-electron chi connectivity index (χ3n) is 5.89. The number of methoxy groups -OCH3 is 1. The smallest absolute Gasteiger partial charge is 0.274 e. The third-order valence-corrected chi connectivity index (χ3v) is 8.56. The largest absolute Gasteiger partial charge is 0.497 e. The Balaban J connectivity index is 1.47. The van der Waals surface area contributed by atoms with Gasteiger partial charge in [-0.25, -0.2) is 13.4 Å². The minimum Gasteiger partial charge on any atom is -0.497 e. The second-order valence-corrected chi connectivity index (χ2v) is 12.1. The number of nitrogens with one attached hydrogen (secondary N) is 3. The van der Waals surface area contributed by atoms with Crippen molar-refractivity contribution in [3.8, 4) is 17.0 Å². The molecule has 8 nitrogen and oxygen atoms in total. The van der Waals surface area contributed by atoms with Gasteiger partial charge >= 0.3 is 0 Å². The minimum absolute atomic E-state index is 0.0233. The number of benzene rings is 3. The van der Waals surface area contributed by atoms with Crippen molar-refractivity contribution in [2.75, 3.05) is 12.4 Å². The third kappa shape index (κ3) is 6.06. The molecule has 0 fully saturated rings. The number of anilines is 1. The van der Waals surface area contributed by atoms with Crippen LogP contribution in [0.15, 0.2) is 93.4 Å². The lowest BCUT2D eigenvalue weighted by Crippen LogP contribution is -2.30. The first kappa shape index (κ1) is 26.7. The minimum atomic E-state index is -4.06. The maximum absolute atomic E-state index is 13.5. The Morgan fingerprint density at radius 1 is 1.08 bits per heavy atom. The van der Waals surface area contributed by atoms with Crippen LogP contribution in [0, 0.1) is 6.92 Å². The van der Waals surface area contributed by atoms with Crippen LogP contribution < -0.4 is 14.8 Å². The van der Waals surface area contributed by atoms with E-state index in [1.165, 1.54) is 29.5 Å². The molecule has 0 unspecified atom stereocenters. The lowest BCUT2D eigenvalue weighted by Gasteiger charge is -2.12. The summed E-state index contributed by atoms with van der Waals surface area (Å²) < 4.78 is 34.9. The molecule has 0 saturated carbocycles. The number of H-pyrrole nitrogens is 1. The van der Waals surface area contributed by atoms with E-state index < -0.39 is 15.9 Å². The monoisotopic (exact) mass is 622 g/mol. The molecule has 3 N–H and O–H groups in total. The first-order chi connectivity index (χ1) is 18.7. The van der Waals surface area contributed by atoms with Crippen molar-refractivity contribution in [3.05, 3.63) is 99.6 Å². The average Bonchev–Trinajstić information content (AvgIpc) is 3.55. The molecule has 0 atom stereocenters. The topological polar surface area (TPSA) is 113 Å². The van der Waals surface area contributed by atoms with E-state index in [9.17, 15) is 13.2 Å². The molecule has 3 aromatic carbocycles. The molecule has 2 heterocycles. The fraction of sp³-hybridized carbons (Fsp3) is 0.0714. The lowest BCUT2D eigenvalue weighted by molar-refractivity contribution is -0.113. The first-order valence-electron chi connectivity index (χ1n) is 11.7. The second-order valence-electron chi connectivity index (χ2n) is 8.63. The van der Waals surface area contributed by atoms with Gasteiger partial charge in [0.15, 0.2) is 5.13 Å². The number of aromatic amines is 1. The van der Waals surface area contributed by atoms with Gasteiger partial charge in [-0.1, -0.05) is 27.6 Å². The van der Waals surface area contributed by atoms with Gasteiger partial charge in [0, 0.05) is 38.1 Å². The summed E-state index contributed by atoms with van der Waals surface area (Å²) in [4.78, 5) is 21.2. The van der Waals surface area contributed by atoms with Gasteiger partial charge in [0.2, 0.25) is 0 Å². The van der Waals surface area contributed by atoms with Crippen LogP contribution >= 0.6 is 27.3 Å². The molecule has 39 heavy (non-hydrogen) atoms. The Morgan fingerprint density at radius 3 is 2.54 bits per heavy atom. The molecule has 0 aliphatic rings. The molecular formula is C28H23BrN4O4S2. The van der Waals surface area contributed by atoms with Crippen molar-refractivity contribution < 1.29 is 17.9 Å². The number of rotatable bonds is 8. The number of carbonyl (C=O) groups excluding carboxylic acids is 1. The maximum Gasteiger partial charge on any atom is 0.274 e. The zero-order chi connectivity index (χ0) is 27.6. The summed E-state index contributed by atoms with van der Waals surface area (Å²) >= 11 is 4.55. The Hall–Kier alpha value is -3.93. The SMILES string of the molecule is COc1ccc(-c2csc(NC(=O)C(=Cc3c[nH]c4ccc(C)cc34)NS(=O)(=O)c3ccc(Br)cc3)n2)cc1. The zero-order valence-electron chi connectivity index (χ0n) is 20.9. The van der Waals surface area contributed by atoms with Crippen LogP contribution in [0.1, 0.15) is 11.1 Å². The highest BCUT2D eigenvalue weighted by Crippen LogP contribution is 2.28. The molecule has 0 aliphatic heterocycles. The molecular weight excluding hydrogens is 600 g/mol. The molecule has 5 aromatic rings. The summed E-state index contributed by atoms with van der Waals surface area (Å²) in [5.41, 5.74) is 3.94. The van der Waals surface area contributed by atoms with Crippen molar-refractivity contribution in [1.82, 2.24) is 14.7 Å². The van der Waals surface area contributed by atoms with Crippen LogP contribution in [0.3, 0.4) is 0 Å². The summed E-state index contributed by atoms with van der Waals surface area (Å²) in [5.74, 6) is 0.0798. The number of thiazole rings is 1. The van der Waals surface area contributed by atoms with Crippen molar-refractivity contribution >= 4 is 65.3 Å². The molecule has 11 heteroatoms. The Bertz CT molecular complexity index is 1790. The molecule has 0 aliphatic carbocycles. The highest BCUT2D eigenvalue weighted by atomic mass is 79.9. The fourth-order valence-corrected chi connectivity index (χ4v) is 5.91. The van der Waals surface area contributed by atoms with Gasteiger partial charge in [0.1, 0.15) is 11.4 Å². The highest BCUT2D eigenvalue weighted by molar-refractivity contribution is 9.10. The predicted molar refractivity (Wildman–Crippen MR) is 158 cm³/mol. The number of amides is 1. The van der Waals surface area contributed by atoms with Crippen LogP contribution in [-0.2, 0) is 14.8 Å². The molecule has 2 aromatic heterocycles. The van der Waals surface area contributed by atoms with E-state index in [1.54, 1.807) is 25.4 Å². The summed E-state index contributed by atoms with van der Waals surface area (Å²) in [7, 11) is -2.47. The van der Waals surface area contributed by atoms with Gasteiger partial charge in [-0.3, -0.25) is 14.8 Å². The van der Waals surface area contributed by atoms with E-state index >= 15 is 0 Å². The molecule has 0 radical (unpaired) electrons. The van der Waals surface area contributed by atoms with E-state index in [0.29, 0.717) is 16.4 Å². The Morgan fingerprint density at radius 2 is 1.82 bits per heavy atom. The van der Waals surface area contributed by atoms with Crippen molar-refractivity contribution in [2.45, 2.75) is 11.8 Å². The number of aromatic nitrogens is 2. The number of ether oxygens (including phenoxy) is 1. The fourth-order valence-electron chi connectivity index (χ4n) is 3.88. The van der Waals surface area contributed by atoms with E-state index in [4.69, 9.17) is 4.74 Å². The van der Waals surface area contributed by atoms with Crippen LogP contribution in [0.5, 0.6) is 5.75 Å². The van der Waals surface area contributed by atoms with Crippen molar-refractivity contribution in [1.29, 1.82) is 0 Å². The lowest BCUT2D eigenvalue weighted by atomic mass is 10.1. The van der Waals surface area contributed by atoms with Crippen molar-refractivity contribution in [2.24, 2.45) is 0 Å². The maximum atomic E-state index is 13.5. The van der Waals surface area contributed by atoms with Crippen LogP contribution in [0.4, 0.5) is 5.13 Å². The number of nitrogens with zero attached hydrogens (tertiary/aromatic N) is 1. The standard InChI is InChI=1S/C28H23BrN4O4S2/c1-17-3-12-24-23(13-17)19(15-30-24)14-25(33-39(35,36)22-10-6-20(29)7-11-22)27(34)32-28-31-26(16-38-28)18-4-8-21(37-2)9-5-18/h3-16,30,33H,1-2H3,(H,31,32,34). The Kier molecular flexibility index (Phi) is 7.56. The molecule has 1 amide bonds. The van der Waals surface area contributed by atoms with Crippen LogP contribution in [0.2, 0.25) is 0 Å². The van der Waals surface area contributed by atoms with Gasteiger partial charge < -0.3 is 9.72 Å². The molecule has 0 spiro atoms. The quantitative estimate of drug-likeness (QED) is 0.175. The first-order valence-corrected chi connectivity index (χ1v) is 14.9. The van der Waals surface area contributed by atoms with E-state index in [2.05, 4.69) is 35.9 Å². The number of fused-ring (bicyclic) bond motifs is 1. The van der Waals surface area contributed by atoms with Crippen LogP contribution in [0.25, 0.3) is 28.2 Å². The number of aryl methyl sites for hydroxylation is 1. The van der Waals surface area contributed by atoms with Gasteiger partial charge in [-0.05, 0) is 73.7 Å². The summed E-state index contributed by atoms with van der Waals surface area (Å²) in [6.07, 6.45) is 3.25. The van der Waals surface area contributed by atoms with Gasteiger partial charge in [0.05, 0.1) is 17.7 Å². The average molecular weight is 624 g/mol. The van der Waals surface area contributed by atoms with Gasteiger partial charge in [-0.15, -0.1) is 11.3 Å². The molecule has 0 saturated heterocycles.